The lowest BCUT2D eigenvalue weighted by molar-refractivity contribution is -0.00279. The average Bonchev–Trinajstić information content (AvgIpc) is 2.40. The highest BCUT2D eigenvalue weighted by Gasteiger charge is 2.36. The lowest BCUT2D eigenvalue weighted by Gasteiger charge is -2.46. The van der Waals surface area contributed by atoms with Crippen LogP contribution in [0.1, 0.15) is 18.4 Å². The number of pyridine rings is 1. The van der Waals surface area contributed by atoms with Crippen LogP contribution in [0, 0.1) is 0 Å². The molecular weight excluding hydrogens is 226 g/mol. The summed E-state index contributed by atoms with van der Waals surface area (Å²) < 4.78 is 0. The Bertz CT molecular complexity index is 369. The van der Waals surface area contributed by atoms with Gasteiger partial charge in [0.15, 0.2) is 0 Å². The Kier molecular flexibility index (Phi) is 4.32. The zero-order chi connectivity index (χ0) is 13.0. The van der Waals surface area contributed by atoms with Gasteiger partial charge in [0.05, 0.1) is 12.1 Å². The zero-order valence-electron chi connectivity index (χ0n) is 11.3. The maximum absolute atomic E-state index is 9.72. The monoisotopic (exact) mass is 249 g/mol. The molecule has 0 saturated carbocycles. The van der Waals surface area contributed by atoms with Gasteiger partial charge in [0.1, 0.15) is 0 Å². The summed E-state index contributed by atoms with van der Waals surface area (Å²) in [4.78, 5) is 8.74. The second kappa shape index (κ2) is 5.78. The largest absolute Gasteiger partial charge is 0.394 e. The first-order valence-electron chi connectivity index (χ1n) is 6.56. The Morgan fingerprint density at radius 1 is 1.50 bits per heavy atom. The molecule has 1 N–H and O–H groups in total. The van der Waals surface area contributed by atoms with Gasteiger partial charge in [-0.1, -0.05) is 6.07 Å². The van der Waals surface area contributed by atoms with Crippen LogP contribution in [0.25, 0.3) is 0 Å². The third kappa shape index (κ3) is 2.88. The molecule has 1 saturated heterocycles. The molecule has 0 spiro atoms. The van der Waals surface area contributed by atoms with Crippen molar-refractivity contribution >= 4 is 0 Å². The summed E-state index contributed by atoms with van der Waals surface area (Å²) in [6.07, 6.45) is 5.93. The lowest BCUT2D eigenvalue weighted by Crippen LogP contribution is -2.58. The number of hydrogen-bond acceptors (Lipinski definition) is 4. The van der Waals surface area contributed by atoms with E-state index in [1.165, 1.54) is 5.56 Å². The van der Waals surface area contributed by atoms with Crippen LogP contribution in [0.2, 0.25) is 0 Å². The number of nitrogens with zero attached hydrogens (tertiary/aromatic N) is 3. The van der Waals surface area contributed by atoms with E-state index in [0.29, 0.717) is 0 Å². The Morgan fingerprint density at radius 2 is 2.33 bits per heavy atom. The summed E-state index contributed by atoms with van der Waals surface area (Å²) in [5, 5.41) is 9.72. The van der Waals surface area contributed by atoms with Crippen LogP contribution >= 0.6 is 0 Å². The van der Waals surface area contributed by atoms with Crippen LogP contribution in [-0.2, 0) is 6.54 Å². The van der Waals surface area contributed by atoms with Gasteiger partial charge in [0, 0.05) is 25.5 Å². The minimum Gasteiger partial charge on any atom is -0.394 e. The van der Waals surface area contributed by atoms with E-state index < -0.39 is 0 Å². The molecule has 0 amide bonds. The minimum atomic E-state index is -0.0829. The molecule has 4 heteroatoms. The Hall–Kier alpha value is -0.970. The number of hydrogen-bond donors (Lipinski definition) is 1. The zero-order valence-corrected chi connectivity index (χ0v) is 11.3. The van der Waals surface area contributed by atoms with Crippen molar-refractivity contribution in [1.29, 1.82) is 0 Å². The van der Waals surface area contributed by atoms with Crippen molar-refractivity contribution in [3.8, 4) is 0 Å². The topological polar surface area (TPSA) is 39.6 Å². The number of aliphatic hydroxyl groups is 1. The summed E-state index contributed by atoms with van der Waals surface area (Å²) >= 11 is 0. The molecule has 2 heterocycles. The summed E-state index contributed by atoms with van der Waals surface area (Å²) in [6, 6.07) is 4.09. The van der Waals surface area contributed by atoms with Crippen LogP contribution in [0.5, 0.6) is 0 Å². The smallest absolute Gasteiger partial charge is 0.0627 e. The molecule has 0 radical (unpaired) electrons. The van der Waals surface area contributed by atoms with Gasteiger partial charge in [-0.2, -0.15) is 0 Å². The molecule has 1 fully saturated rings. The summed E-state index contributed by atoms with van der Waals surface area (Å²) in [5.74, 6) is 0. The fourth-order valence-electron chi connectivity index (χ4n) is 2.73. The van der Waals surface area contributed by atoms with Crippen LogP contribution in [0.3, 0.4) is 0 Å². The second-order valence-corrected chi connectivity index (χ2v) is 5.45. The SMILES string of the molecule is CN(C)C1(CO)CCCN(Cc2cccnc2)C1. The van der Waals surface area contributed by atoms with E-state index in [2.05, 4.69) is 34.9 Å². The van der Waals surface area contributed by atoms with E-state index in [4.69, 9.17) is 0 Å². The molecule has 18 heavy (non-hydrogen) atoms. The van der Waals surface area contributed by atoms with Gasteiger partial charge in [0.2, 0.25) is 0 Å². The van der Waals surface area contributed by atoms with Gasteiger partial charge >= 0.3 is 0 Å². The molecule has 4 nitrogen and oxygen atoms in total. The van der Waals surface area contributed by atoms with Gasteiger partial charge in [-0.3, -0.25) is 9.88 Å². The van der Waals surface area contributed by atoms with Crippen molar-refractivity contribution in [1.82, 2.24) is 14.8 Å². The van der Waals surface area contributed by atoms with Gasteiger partial charge in [0.25, 0.3) is 0 Å². The number of rotatable bonds is 4. The number of aromatic nitrogens is 1. The van der Waals surface area contributed by atoms with Crippen molar-refractivity contribution in [3.63, 3.8) is 0 Å². The van der Waals surface area contributed by atoms with Crippen molar-refractivity contribution < 1.29 is 5.11 Å². The summed E-state index contributed by atoms with van der Waals surface area (Å²) in [5.41, 5.74) is 1.16. The highest BCUT2D eigenvalue weighted by molar-refractivity contribution is 5.09. The number of aliphatic hydroxyl groups excluding tert-OH is 1. The molecule has 0 bridgehead atoms. The Labute approximate surface area is 109 Å². The first kappa shape index (κ1) is 13.5. The van der Waals surface area contributed by atoms with Gasteiger partial charge in [-0.15, -0.1) is 0 Å². The maximum atomic E-state index is 9.72. The van der Waals surface area contributed by atoms with Crippen molar-refractivity contribution in [2.24, 2.45) is 0 Å². The lowest BCUT2D eigenvalue weighted by atomic mass is 9.88. The van der Waals surface area contributed by atoms with E-state index in [9.17, 15) is 5.11 Å². The molecule has 1 unspecified atom stereocenters. The highest BCUT2D eigenvalue weighted by atomic mass is 16.3. The normalized spacial score (nSPS) is 25.6. The third-order valence-electron chi connectivity index (χ3n) is 4.01. The molecular formula is C14H23N3O. The van der Waals surface area contributed by atoms with Crippen LogP contribution in [0.15, 0.2) is 24.5 Å². The molecule has 0 aliphatic carbocycles. The molecule has 1 atom stereocenters. The number of likely N-dealkylation sites (N-methyl/N-ethyl adjacent to an activating group) is 1. The molecule has 1 aromatic rings. The molecule has 1 aliphatic heterocycles. The predicted octanol–water partition coefficient (Wildman–Crippen LogP) is 0.970. The summed E-state index contributed by atoms with van der Waals surface area (Å²) in [7, 11) is 4.12. The van der Waals surface area contributed by atoms with Gasteiger partial charge in [-0.25, -0.2) is 0 Å². The van der Waals surface area contributed by atoms with Crippen molar-refractivity contribution in [2.75, 3.05) is 33.8 Å². The second-order valence-electron chi connectivity index (χ2n) is 5.45. The highest BCUT2D eigenvalue weighted by Crippen LogP contribution is 2.26. The fourth-order valence-corrected chi connectivity index (χ4v) is 2.73. The van der Waals surface area contributed by atoms with E-state index >= 15 is 0 Å². The minimum absolute atomic E-state index is 0.0829. The molecule has 0 aromatic carbocycles. The molecule has 100 valence electrons. The Morgan fingerprint density at radius 3 is 2.94 bits per heavy atom. The van der Waals surface area contributed by atoms with E-state index in [1.54, 1.807) is 6.20 Å². The van der Waals surface area contributed by atoms with Crippen LogP contribution < -0.4 is 0 Å². The van der Waals surface area contributed by atoms with Crippen LogP contribution in [0.4, 0.5) is 0 Å². The first-order valence-corrected chi connectivity index (χ1v) is 6.56. The van der Waals surface area contributed by atoms with Crippen LogP contribution in [-0.4, -0.2) is 59.2 Å². The van der Waals surface area contributed by atoms with Gasteiger partial charge in [-0.05, 0) is 45.1 Å². The number of likely N-dealkylation sites (tertiary alicyclic amines) is 1. The predicted molar refractivity (Wildman–Crippen MR) is 72.3 cm³/mol. The maximum Gasteiger partial charge on any atom is 0.0627 e. The fraction of sp³-hybridized carbons (Fsp3) is 0.643. The summed E-state index contributed by atoms with van der Waals surface area (Å²) in [6.45, 7) is 3.17. The molecule has 2 rings (SSSR count). The molecule has 1 aromatic heterocycles. The average molecular weight is 249 g/mol. The molecule has 1 aliphatic rings. The number of piperidine rings is 1. The van der Waals surface area contributed by atoms with E-state index in [-0.39, 0.29) is 12.1 Å². The van der Waals surface area contributed by atoms with Gasteiger partial charge < -0.3 is 10.0 Å². The van der Waals surface area contributed by atoms with Crippen molar-refractivity contribution in [2.45, 2.75) is 24.9 Å². The quantitative estimate of drug-likeness (QED) is 0.863. The van der Waals surface area contributed by atoms with Crippen molar-refractivity contribution in [3.05, 3.63) is 30.1 Å². The third-order valence-corrected chi connectivity index (χ3v) is 4.01. The first-order chi connectivity index (χ1) is 8.66. The van der Waals surface area contributed by atoms with E-state index in [1.807, 2.05) is 12.3 Å². The van der Waals surface area contributed by atoms with E-state index in [0.717, 1.165) is 32.5 Å². The Balaban J connectivity index is 2.02. The standard InChI is InChI=1S/C14H23N3O/c1-16(2)14(12-18)6-4-8-17(11-14)10-13-5-3-7-15-9-13/h3,5,7,9,18H,4,6,8,10-12H2,1-2H3.